The van der Waals surface area contributed by atoms with E-state index in [9.17, 15) is 9.90 Å². The van der Waals surface area contributed by atoms with Crippen molar-refractivity contribution in [1.82, 2.24) is 10.2 Å². The molecule has 1 atom stereocenters. The van der Waals surface area contributed by atoms with E-state index in [1.807, 2.05) is 11.4 Å². The maximum Gasteiger partial charge on any atom is 0.234 e. The molecule has 0 saturated carbocycles. The molecule has 1 fully saturated rings. The summed E-state index contributed by atoms with van der Waals surface area (Å²) in [5, 5.41) is 14.1. The third-order valence-corrected chi connectivity index (χ3v) is 4.84. The number of thiophene rings is 1. The minimum atomic E-state index is 0.0277. The molecule has 1 aromatic heterocycles. The normalized spacial score (nSPS) is 20.2. The van der Waals surface area contributed by atoms with E-state index >= 15 is 0 Å². The molecule has 1 aliphatic rings. The minimum Gasteiger partial charge on any atom is -0.395 e. The lowest BCUT2D eigenvalue weighted by molar-refractivity contribution is -0.122. The van der Waals surface area contributed by atoms with Crippen molar-refractivity contribution in [3.05, 3.63) is 20.8 Å². The SMILES string of the molecule is O=C(CN1CCC[C@@H]1CO)NCc1cc(Br)cs1. The van der Waals surface area contributed by atoms with Crippen molar-refractivity contribution in [2.45, 2.75) is 25.4 Å². The third kappa shape index (κ3) is 3.78. The Morgan fingerprint density at radius 3 is 3.17 bits per heavy atom. The van der Waals surface area contributed by atoms with Crippen LogP contribution in [0.5, 0.6) is 0 Å². The zero-order chi connectivity index (χ0) is 13.0. The summed E-state index contributed by atoms with van der Waals surface area (Å²) in [6.45, 7) is 2.01. The predicted octanol–water partition coefficient (Wildman–Crippen LogP) is 1.58. The second-order valence-corrected chi connectivity index (χ2v) is 6.37. The molecule has 100 valence electrons. The summed E-state index contributed by atoms with van der Waals surface area (Å²) in [6.07, 6.45) is 2.05. The maximum absolute atomic E-state index is 11.8. The van der Waals surface area contributed by atoms with Crippen LogP contribution in [0.1, 0.15) is 17.7 Å². The summed E-state index contributed by atoms with van der Waals surface area (Å²) in [5.74, 6) is 0.0277. The molecular weight excluding hydrogens is 316 g/mol. The first-order valence-corrected chi connectivity index (χ1v) is 7.71. The van der Waals surface area contributed by atoms with E-state index in [1.54, 1.807) is 11.3 Å². The van der Waals surface area contributed by atoms with Gasteiger partial charge in [0.2, 0.25) is 5.91 Å². The predicted molar refractivity (Wildman–Crippen MR) is 75.5 cm³/mol. The minimum absolute atomic E-state index is 0.0277. The van der Waals surface area contributed by atoms with Crippen LogP contribution in [0.25, 0.3) is 0 Å². The van der Waals surface area contributed by atoms with Crippen molar-refractivity contribution in [2.24, 2.45) is 0 Å². The summed E-state index contributed by atoms with van der Waals surface area (Å²) in [5.41, 5.74) is 0. The van der Waals surface area contributed by atoms with Gasteiger partial charge < -0.3 is 10.4 Å². The molecule has 1 saturated heterocycles. The zero-order valence-corrected chi connectivity index (χ0v) is 12.5. The molecule has 4 nitrogen and oxygen atoms in total. The number of rotatable bonds is 5. The molecule has 1 aliphatic heterocycles. The molecule has 0 aromatic carbocycles. The molecule has 18 heavy (non-hydrogen) atoms. The van der Waals surface area contributed by atoms with Crippen LogP contribution in [-0.4, -0.2) is 41.7 Å². The number of carbonyl (C=O) groups is 1. The highest BCUT2D eigenvalue weighted by molar-refractivity contribution is 9.10. The van der Waals surface area contributed by atoms with Gasteiger partial charge >= 0.3 is 0 Å². The van der Waals surface area contributed by atoms with E-state index in [0.29, 0.717) is 13.1 Å². The van der Waals surface area contributed by atoms with Gasteiger partial charge in [0.15, 0.2) is 0 Å². The van der Waals surface area contributed by atoms with Gasteiger partial charge in [-0.15, -0.1) is 11.3 Å². The second-order valence-electron chi connectivity index (χ2n) is 4.46. The number of amides is 1. The average Bonchev–Trinajstić information content (AvgIpc) is 2.95. The van der Waals surface area contributed by atoms with Crippen LogP contribution >= 0.6 is 27.3 Å². The van der Waals surface area contributed by atoms with Gasteiger partial charge in [0.1, 0.15) is 0 Å². The molecule has 1 amide bonds. The number of nitrogens with one attached hydrogen (secondary N) is 1. The number of carbonyl (C=O) groups excluding carboxylic acids is 1. The lowest BCUT2D eigenvalue weighted by Gasteiger charge is -2.21. The largest absolute Gasteiger partial charge is 0.395 e. The van der Waals surface area contributed by atoms with Crippen LogP contribution in [0.15, 0.2) is 15.9 Å². The monoisotopic (exact) mass is 332 g/mol. The van der Waals surface area contributed by atoms with Gasteiger partial charge in [-0.3, -0.25) is 9.69 Å². The van der Waals surface area contributed by atoms with E-state index in [2.05, 4.69) is 26.1 Å². The van der Waals surface area contributed by atoms with E-state index in [-0.39, 0.29) is 18.6 Å². The lowest BCUT2D eigenvalue weighted by Crippen LogP contribution is -2.40. The Balaban J connectivity index is 1.75. The Labute approximate surface area is 119 Å². The van der Waals surface area contributed by atoms with E-state index in [1.165, 1.54) is 0 Å². The van der Waals surface area contributed by atoms with Crippen LogP contribution in [0, 0.1) is 0 Å². The molecule has 2 N–H and O–H groups in total. The van der Waals surface area contributed by atoms with Gasteiger partial charge in [0.05, 0.1) is 19.7 Å². The van der Waals surface area contributed by atoms with Crippen LogP contribution in [0.2, 0.25) is 0 Å². The zero-order valence-electron chi connectivity index (χ0n) is 10.1. The number of nitrogens with zero attached hydrogens (tertiary/aromatic N) is 1. The fourth-order valence-electron chi connectivity index (χ4n) is 2.18. The first-order chi connectivity index (χ1) is 8.69. The van der Waals surface area contributed by atoms with Crippen LogP contribution in [0.3, 0.4) is 0 Å². The number of aliphatic hydroxyl groups excluding tert-OH is 1. The summed E-state index contributed by atoms with van der Waals surface area (Å²) >= 11 is 5.01. The van der Waals surface area contributed by atoms with E-state index in [4.69, 9.17) is 0 Å². The van der Waals surface area contributed by atoms with Gasteiger partial charge in [0, 0.05) is 20.8 Å². The smallest absolute Gasteiger partial charge is 0.234 e. The number of aliphatic hydroxyl groups is 1. The van der Waals surface area contributed by atoms with Gasteiger partial charge in [-0.2, -0.15) is 0 Å². The summed E-state index contributed by atoms with van der Waals surface area (Å²) < 4.78 is 1.05. The van der Waals surface area contributed by atoms with Crippen LogP contribution in [0.4, 0.5) is 0 Å². The highest BCUT2D eigenvalue weighted by Gasteiger charge is 2.25. The molecule has 0 unspecified atom stereocenters. The maximum atomic E-state index is 11.8. The highest BCUT2D eigenvalue weighted by atomic mass is 79.9. The molecule has 0 radical (unpaired) electrons. The topological polar surface area (TPSA) is 52.6 Å². The Morgan fingerprint density at radius 2 is 2.50 bits per heavy atom. The molecule has 0 aliphatic carbocycles. The van der Waals surface area contributed by atoms with Crippen molar-refractivity contribution in [3.63, 3.8) is 0 Å². The van der Waals surface area contributed by atoms with Crippen molar-refractivity contribution in [3.8, 4) is 0 Å². The van der Waals surface area contributed by atoms with Gasteiger partial charge in [-0.05, 0) is 41.4 Å². The molecule has 0 spiro atoms. The molecule has 6 heteroatoms. The average molecular weight is 333 g/mol. The Bertz CT molecular complexity index is 411. The molecule has 0 bridgehead atoms. The Morgan fingerprint density at radius 1 is 1.67 bits per heavy atom. The van der Waals surface area contributed by atoms with Crippen LogP contribution < -0.4 is 5.32 Å². The van der Waals surface area contributed by atoms with Crippen molar-refractivity contribution in [2.75, 3.05) is 19.7 Å². The number of hydrogen-bond acceptors (Lipinski definition) is 4. The molecule has 2 rings (SSSR count). The van der Waals surface area contributed by atoms with Crippen molar-refractivity contribution >= 4 is 33.2 Å². The van der Waals surface area contributed by atoms with Crippen molar-refractivity contribution < 1.29 is 9.90 Å². The third-order valence-electron chi connectivity index (χ3n) is 3.14. The van der Waals surface area contributed by atoms with E-state index < -0.39 is 0 Å². The summed E-state index contributed by atoms with van der Waals surface area (Å²) in [4.78, 5) is 15.0. The van der Waals surface area contributed by atoms with E-state index in [0.717, 1.165) is 28.7 Å². The van der Waals surface area contributed by atoms with Crippen molar-refractivity contribution in [1.29, 1.82) is 0 Å². The van der Waals surface area contributed by atoms with Gasteiger partial charge in [0.25, 0.3) is 0 Å². The standard InChI is InChI=1S/C12H17BrN2O2S/c13-9-4-11(18-8-9)5-14-12(17)6-15-3-1-2-10(15)7-16/h4,8,10,16H,1-3,5-7H2,(H,14,17)/t10-/m1/s1. The molecule has 2 heterocycles. The van der Waals surface area contributed by atoms with Gasteiger partial charge in [-0.25, -0.2) is 0 Å². The van der Waals surface area contributed by atoms with Gasteiger partial charge in [-0.1, -0.05) is 0 Å². The summed E-state index contributed by atoms with van der Waals surface area (Å²) in [7, 11) is 0. The quantitative estimate of drug-likeness (QED) is 0.860. The Kier molecular flexibility index (Phi) is 5.17. The highest BCUT2D eigenvalue weighted by Crippen LogP contribution is 2.19. The number of halogens is 1. The molecule has 1 aromatic rings. The second kappa shape index (κ2) is 6.65. The fraction of sp³-hybridized carbons (Fsp3) is 0.583. The first-order valence-electron chi connectivity index (χ1n) is 6.03. The summed E-state index contributed by atoms with van der Waals surface area (Å²) in [6, 6.07) is 2.17. The Hall–Kier alpha value is -0.430. The first kappa shape index (κ1) is 14.0. The number of likely N-dealkylation sites (tertiary alicyclic amines) is 1. The number of hydrogen-bond donors (Lipinski definition) is 2. The molecular formula is C12H17BrN2O2S. The van der Waals surface area contributed by atoms with Crippen LogP contribution in [-0.2, 0) is 11.3 Å². The lowest BCUT2D eigenvalue weighted by atomic mass is 10.2. The fourth-order valence-corrected chi connectivity index (χ4v) is 3.57.